The van der Waals surface area contributed by atoms with Gasteiger partial charge in [0.15, 0.2) is 0 Å². The molecule has 128 nitrogen and oxygen atoms in total. The summed E-state index contributed by atoms with van der Waals surface area (Å²) in [7, 11) is 0. The molecular formula is H4N128. The first-order valence-corrected chi connectivity index (χ1v) is 25.5. The minimum atomic E-state index is 2.75. The maximum atomic E-state index is 4.64. The maximum absolute atomic E-state index is 4.64. The molecule has 0 amide bonds. The second kappa shape index (κ2) is 101. The largest absolute Gasteiger partial charge is 0.303 e. The van der Waals surface area contributed by atoms with Crippen LogP contribution >= 0.6 is 0 Å². The van der Waals surface area contributed by atoms with E-state index in [1.165, 1.54) is 0 Å². The Morgan fingerprint density at radius 1 is 0.0391 bits per heavy atom. The zero-order valence-electron chi connectivity index (χ0n) is 57.5. The van der Waals surface area contributed by atoms with Gasteiger partial charge < -0.3 is 11.7 Å². The maximum Gasteiger partial charge on any atom is 0 e. The Hall–Kier alpha value is -25.6. The molecule has 0 saturated carbocycles. The summed E-state index contributed by atoms with van der Waals surface area (Å²) in [5.41, 5.74) is 0. The summed E-state index contributed by atoms with van der Waals surface area (Å²) in [6.45, 7) is 0. The molecule has 0 aromatic carbocycles. The van der Waals surface area contributed by atoms with E-state index >= 15 is 0 Å². The summed E-state index contributed by atoms with van der Waals surface area (Å²) in [6.07, 6.45) is 0. The Labute approximate surface area is 669 Å². The number of nitrogens with two attached hydrogens (primary N) is 2. The summed E-state index contributed by atoms with van der Waals surface area (Å²) in [6, 6.07) is 0. The molecule has 0 bridgehead atoms. The number of hydrogen-bond donors (Lipinski definition) is 2. The summed E-state index contributed by atoms with van der Waals surface area (Å²) in [5.74, 6) is 9.27. The fourth-order valence-corrected chi connectivity index (χ4v) is 2.23. The molecule has 0 atom stereocenters. The van der Waals surface area contributed by atoms with Crippen molar-refractivity contribution in [3.63, 3.8) is 0 Å². The summed E-state index contributed by atoms with van der Waals surface area (Å²) >= 11 is 0. The van der Waals surface area contributed by atoms with Crippen LogP contribution in [0.3, 0.4) is 0 Å². The zero-order chi connectivity index (χ0) is 91.1. The first-order chi connectivity index (χ1) is 63.9. The average Bonchev–Trinajstić information content (AvgIpc) is 1.15. The van der Waals surface area contributed by atoms with Crippen LogP contribution in [0.4, 0.5) is 0 Å². The molecule has 0 aliphatic heterocycles. The van der Waals surface area contributed by atoms with Gasteiger partial charge in [-0.3, -0.25) is 0 Å². The van der Waals surface area contributed by atoms with Gasteiger partial charge in [0.05, 0.1) is 0 Å². The highest BCUT2D eigenvalue weighted by molar-refractivity contribution is 4.26. The molecule has 4 N–H and O–H groups in total. The van der Waals surface area contributed by atoms with Gasteiger partial charge in [0.1, 0.15) is 0 Å². The molecule has 0 saturated heterocycles. The lowest BCUT2D eigenvalue weighted by molar-refractivity contribution is 0.722. The Kier molecular flexibility index (Phi) is 81.1. The van der Waals surface area contributed by atoms with E-state index in [1.54, 1.807) is 0 Å². The second-order valence-electron chi connectivity index (χ2n) is 11.3. The van der Waals surface area contributed by atoms with Crippen molar-refractivity contribution in [3.05, 3.63) is 0 Å². The lowest BCUT2D eigenvalue weighted by atomic mass is 12.3. The lowest BCUT2D eigenvalue weighted by Gasteiger charge is -1.71. The van der Waals surface area contributed by atoms with Crippen LogP contribution in [0.15, 0.2) is 658 Å². The van der Waals surface area contributed by atoms with Crippen molar-refractivity contribution in [2.45, 2.75) is 0 Å². The molecule has 0 aliphatic rings. The molecular weight excluding hydrogens is 1790 g/mol. The van der Waals surface area contributed by atoms with Gasteiger partial charge in [-0.2, -0.15) is 0 Å². The van der Waals surface area contributed by atoms with Crippen molar-refractivity contribution in [1.82, 2.24) is 0 Å². The predicted octanol–water partition coefficient (Wildman–Crippen LogP) is 22.0. The predicted molar refractivity (Wildman–Crippen MR) is 314 cm³/mol. The molecule has 0 aromatic heterocycles. The van der Waals surface area contributed by atoms with E-state index in [4.69, 9.17) is 0 Å². The number of hydrogen-bond acceptors (Lipinski definition) is 2. The standard InChI is InChI=1S/H4N128/c1-3-5-7-9-11-13-15-17-19-21-23-25-27-29-31-33-35-37-39-41-43-45-47-49-51-53-55-57-59-61-63-65-67-69-71-73-75-77-79-81-83-85-87-89-91-93-95-97-99-101-103-105-107-109-111-113-115-117-119-121-123-125-127-128-126-124-122-120-118-116-114-112-110-108-106-104-102-100-98-96-94-92-90-88-86-84-82-80-78-76-74-72-70-68-66-64-62-60-58-56-54-52-50-48-46-44-42-40-38-36-34-32-30-28-26-24-22-20-18-16-14-12-10-8-6-4-2/h(H2,1,4,5,8,9,12,13,16,17,20,21,24,25,28,29,32,33,36,37,40,41,44,45,48,49,52,53,56,57,60,61,64,65,68,69,72,73,76,77,80,81,84,85,88,89,92,93,96,97,100,101,104,105,108,109,112,113,116,117,120,121,124,125,128)(H2,2,3,6,7,10,11,14,15,18,19,22,23,26,27,30,31,34,35,38,39,42,43,46,47,50,51,54,55,58,59,62,63,66,67,70,71,74,75,78,79,82,83,86,87,90,91,94,95,98,99,102,103,106,107,110,111,114,115,118,119,122,123,126,127). The van der Waals surface area contributed by atoms with Crippen LogP contribution in [0.1, 0.15) is 0 Å². The van der Waals surface area contributed by atoms with Crippen LogP contribution in [-0.2, 0) is 0 Å². The normalized spacial score (nSPS) is 15.8. The third-order valence-corrected chi connectivity index (χ3v) is 5.02. The van der Waals surface area contributed by atoms with E-state index in [0.29, 0.717) is 0 Å². The van der Waals surface area contributed by atoms with Crippen molar-refractivity contribution in [3.8, 4) is 0 Å². The van der Waals surface area contributed by atoms with Crippen molar-refractivity contribution in [2.24, 2.45) is 670 Å². The van der Waals surface area contributed by atoms with E-state index in [0.717, 1.165) is 0 Å². The van der Waals surface area contributed by atoms with Crippen LogP contribution in [0.5, 0.6) is 0 Å². The molecule has 0 spiro atoms. The van der Waals surface area contributed by atoms with Gasteiger partial charge in [-0.05, 0) is 73.1 Å². The van der Waals surface area contributed by atoms with Gasteiger partial charge in [-0.25, -0.2) is 0 Å². The van der Waals surface area contributed by atoms with Crippen LogP contribution < -0.4 is 11.7 Å². The SMILES string of the molecule is N/N=N/N=N/N=N/N=N/N=N/N=N/N=N/N=N/N=N/N=N/N=N/N=N/N=N/N=N/N=N/N=N/N=N/N=N/N=N/N=N/N=N/N=N/N=N/N=N/N=N/N=N/N=N/N=N/N=N/N=N/N=N/N=N/N=N/N=N/N=N/N=N/N=N/N=N/N=N/N=N/N=N/N=N/N=N/N=N/N=N/N=N/N=N/N=N/N=N/N=N/N=N/N=N/N=N/N=N/N=N/N=N/N=N/N=N/N=N/N=N/N=N/N=N/N=N/N. The molecule has 0 fully saturated rings. The summed E-state index contributed by atoms with van der Waals surface area (Å²) in [5, 5.41) is 377. The molecule has 0 aromatic rings. The number of rotatable bonds is 62. The smallest absolute Gasteiger partial charge is 0 e. The zero-order valence-corrected chi connectivity index (χ0v) is 57.5. The highest BCUT2D eigenvalue weighted by Gasteiger charge is 1.83. The van der Waals surface area contributed by atoms with E-state index in [-0.39, 0.29) is 0 Å². The van der Waals surface area contributed by atoms with Gasteiger partial charge in [-0.15, -0.1) is 0 Å². The molecule has 0 heterocycles. The number of nitrogens with zero attached hydrogens (tertiary/aromatic N) is 126. The molecule has 128 heteroatoms. The first kappa shape index (κ1) is 102. The van der Waals surface area contributed by atoms with Crippen molar-refractivity contribution < 1.29 is 0 Å². The average molecular weight is 1800 g/mol. The van der Waals surface area contributed by atoms with Gasteiger partial charge in [0, 0.05) is 575 Å². The van der Waals surface area contributed by atoms with E-state index < -0.39 is 0 Å². The van der Waals surface area contributed by atoms with Crippen molar-refractivity contribution in [1.29, 1.82) is 0 Å². The van der Waals surface area contributed by atoms with Gasteiger partial charge in [0.2, 0.25) is 0 Å². The lowest BCUT2D eigenvalue weighted by Crippen LogP contribution is -1.70. The van der Waals surface area contributed by atoms with E-state index in [1.807, 2.05) is 0 Å². The molecule has 0 unspecified atom stereocenters. The molecule has 0 aliphatic carbocycles. The fraction of sp³-hybridized carbons (Fsp3) is 0. The molecule has 128 heavy (non-hydrogen) atoms. The van der Waals surface area contributed by atoms with Gasteiger partial charge >= 0.3 is 0 Å². The fourth-order valence-electron chi connectivity index (χ4n) is 2.23. The Morgan fingerprint density at radius 3 is 0.0859 bits per heavy atom. The Bertz CT molecular complexity index is 4400. The van der Waals surface area contributed by atoms with Gasteiger partial charge in [0.25, 0.3) is 0 Å². The van der Waals surface area contributed by atoms with Crippen LogP contribution in [0.25, 0.3) is 0 Å². The minimum Gasteiger partial charge on any atom is -0.303 e. The van der Waals surface area contributed by atoms with Crippen molar-refractivity contribution >= 4 is 0 Å². The third kappa shape index (κ3) is 100. The minimum absolute atomic E-state index is 2.75. The van der Waals surface area contributed by atoms with Crippen LogP contribution in [0, 0.1) is 0 Å². The Balaban J connectivity index is 4.14. The first-order valence-electron chi connectivity index (χ1n) is 25.5. The van der Waals surface area contributed by atoms with Crippen molar-refractivity contribution in [2.75, 3.05) is 0 Å². The third-order valence-electron chi connectivity index (χ3n) is 5.02. The van der Waals surface area contributed by atoms with Crippen LogP contribution in [-0.4, -0.2) is 0 Å². The van der Waals surface area contributed by atoms with E-state index in [2.05, 4.69) is 670 Å². The monoisotopic (exact) mass is 1800 g/mol. The summed E-state index contributed by atoms with van der Waals surface area (Å²) in [4.78, 5) is 0. The highest BCUT2D eigenvalue weighted by atomic mass is 15.8. The van der Waals surface area contributed by atoms with Crippen LogP contribution in [0.2, 0.25) is 0 Å². The molecule has 0 radical (unpaired) electrons. The topological polar surface area (TPSA) is 1610 Å². The molecule has 0 rings (SSSR count). The molecule has 644 valence electrons. The van der Waals surface area contributed by atoms with Gasteiger partial charge in [-0.1, -0.05) is 10.4 Å². The Morgan fingerprint density at radius 2 is 0.0625 bits per heavy atom. The van der Waals surface area contributed by atoms with E-state index in [9.17, 15) is 0 Å². The summed E-state index contributed by atoms with van der Waals surface area (Å²) < 4.78 is 0. The second-order valence-corrected chi connectivity index (χ2v) is 11.3. The quantitative estimate of drug-likeness (QED) is 0.0341. The highest BCUT2D eigenvalue weighted by Crippen LogP contribution is 2.01.